The Labute approximate surface area is 161 Å². The topological polar surface area (TPSA) is 85.5 Å². The van der Waals surface area contributed by atoms with Gasteiger partial charge in [0.1, 0.15) is 4.83 Å². The van der Waals surface area contributed by atoms with Crippen LogP contribution >= 0.6 is 11.3 Å². The molecular formula is C19H23N3O4S. The Morgan fingerprint density at radius 3 is 2.11 bits per heavy atom. The lowest BCUT2D eigenvalue weighted by Gasteiger charge is -2.21. The normalized spacial score (nSPS) is 11.2. The van der Waals surface area contributed by atoms with E-state index in [4.69, 9.17) is 0 Å². The number of para-hydroxylation sites is 1. The highest BCUT2D eigenvalue weighted by molar-refractivity contribution is 7.24. The van der Waals surface area contributed by atoms with E-state index in [0.717, 1.165) is 31.9 Å². The van der Waals surface area contributed by atoms with E-state index in [1.807, 2.05) is 31.2 Å². The van der Waals surface area contributed by atoms with Crippen LogP contribution in [0.4, 0.5) is 9.59 Å². The molecule has 0 spiro atoms. The van der Waals surface area contributed by atoms with E-state index in [1.165, 1.54) is 9.80 Å². The molecule has 0 bridgehead atoms. The van der Waals surface area contributed by atoms with E-state index < -0.39 is 12.2 Å². The number of aryl methyl sites for hydroxylation is 1. The smallest absolute Gasteiger partial charge is 0.407 e. The lowest BCUT2D eigenvalue weighted by atomic mass is 10.1. The van der Waals surface area contributed by atoms with Crippen LogP contribution in [0.2, 0.25) is 0 Å². The fourth-order valence-electron chi connectivity index (χ4n) is 3.38. The number of carbonyl (C=O) groups is 2. The van der Waals surface area contributed by atoms with Gasteiger partial charge in [-0.25, -0.2) is 9.59 Å². The molecule has 0 saturated carbocycles. The van der Waals surface area contributed by atoms with Gasteiger partial charge in [0.05, 0.1) is 23.3 Å². The summed E-state index contributed by atoms with van der Waals surface area (Å²) in [7, 11) is 0. The van der Waals surface area contributed by atoms with Gasteiger partial charge in [0.2, 0.25) is 0 Å². The fourth-order valence-corrected chi connectivity index (χ4v) is 4.64. The van der Waals surface area contributed by atoms with E-state index in [2.05, 4.69) is 4.40 Å². The van der Waals surface area contributed by atoms with Crippen molar-refractivity contribution in [2.24, 2.45) is 0 Å². The summed E-state index contributed by atoms with van der Waals surface area (Å²) in [4.78, 5) is 26.8. The lowest BCUT2D eigenvalue weighted by Crippen LogP contribution is -2.31. The number of thiazole rings is 1. The molecular weight excluding hydrogens is 366 g/mol. The molecule has 3 rings (SSSR count). The number of hydrogen-bond donors (Lipinski definition) is 2. The Morgan fingerprint density at radius 1 is 1.00 bits per heavy atom. The number of aromatic nitrogens is 1. The van der Waals surface area contributed by atoms with Gasteiger partial charge in [0.25, 0.3) is 0 Å². The minimum Gasteiger partial charge on any atom is -0.465 e. The summed E-state index contributed by atoms with van der Waals surface area (Å²) in [5.41, 5.74) is 3.78. The fraction of sp³-hybridized carbons (Fsp3) is 0.368. The molecule has 0 aliphatic carbocycles. The maximum Gasteiger partial charge on any atom is 0.407 e. The third kappa shape index (κ3) is 3.32. The van der Waals surface area contributed by atoms with Crippen molar-refractivity contribution >= 4 is 38.6 Å². The number of benzene rings is 1. The van der Waals surface area contributed by atoms with Gasteiger partial charge in [-0.05, 0) is 38.5 Å². The number of amides is 2. The Balaban J connectivity index is 2.22. The summed E-state index contributed by atoms with van der Waals surface area (Å²) in [6, 6.07) is 8.02. The van der Waals surface area contributed by atoms with E-state index in [1.54, 1.807) is 25.2 Å². The second-order valence-electron chi connectivity index (χ2n) is 6.35. The minimum absolute atomic E-state index is 0.239. The molecule has 0 atom stereocenters. The lowest BCUT2D eigenvalue weighted by molar-refractivity contribution is 0.141. The van der Waals surface area contributed by atoms with Crippen molar-refractivity contribution in [2.75, 3.05) is 13.1 Å². The van der Waals surface area contributed by atoms with Crippen LogP contribution in [0.25, 0.3) is 15.0 Å². The van der Waals surface area contributed by atoms with Crippen LogP contribution in [0.15, 0.2) is 24.3 Å². The molecule has 0 fully saturated rings. The number of rotatable bonds is 6. The van der Waals surface area contributed by atoms with Crippen LogP contribution in [0, 0.1) is 6.92 Å². The molecule has 0 radical (unpaired) electrons. The predicted octanol–water partition coefficient (Wildman–Crippen LogP) is 4.46. The van der Waals surface area contributed by atoms with Crippen molar-refractivity contribution in [3.8, 4) is 0 Å². The first-order chi connectivity index (χ1) is 12.9. The maximum atomic E-state index is 11.6. The van der Waals surface area contributed by atoms with Crippen molar-refractivity contribution < 1.29 is 19.8 Å². The van der Waals surface area contributed by atoms with Crippen molar-refractivity contribution in [3.63, 3.8) is 0 Å². The summed E-state index contributed by atoms with van der Waals surface area (Å²) in [6.07, 6.45) is -1.96. The molecule has 0 unspecified atom stereocenters. The molecule has 1 aromatic carbocycles. The Bertz CT molecular complexity index is 1010. The van der Waals surface area contributed by atoms with E-state index in [0.29, 0.717) is 13.1 Å². The van der Waals surface area contributed by atoms with Crippen molar-refractivity contribution in [2.45, 2.75) is 33.9 Å². The Hall–Kier alpha value is -2.74. The quantitative estimate of drug-likeness (QED) is 0.652. The summed E-state index contributed by atoms with van der Waals surface area (Å²) in [5, 5.41) is 18.9. The number of nitrogens with zero attached hydrogens (tertiary/aromatic N) is 3. The highest BCUT2D eigenvalue weighted by Crippen LogP contribution is 2.36. The number of fused-ring (bicyclic) bond motifs is 3. The molecule has 2 aromatic heterocycles. The first-order valence-electron chi connectivity index (χ1n) is 8.85. The van der Waals surface area contributed by atoms with E-state index >= 15 is 0 Å². The molecule has 27 heavy (non-hydrogen) atoms. The van der Waals surface area contributed by atoms with Gasteiger partial charge >= 0.3 is 12.2 Å². The standard InChI is InChI=1S/C19H23N3O4S/c1-4-20(18(23)24)10-13-12(3)22-15-8-6-7-9-16(15)27-17(22)14(13)11-21(5-2)19(25)26/h6-9H,4-5,10-11H2,1-3H3,(H,23,24)(H,25,26). The average molecular weight is 389 g/mol. The summed E-state index contributed by atoms with van der Waals surface area (Å²) < 4.78 is 3.24. The van der Waals surface area contributed by atoms with Gasteiger partial charge in [0, 0.05) is 24.3 Å². The molecule has 0 aliphatic heterocycles. The van der Waals surface area contributed by atoms with Gasteiger partial charge in [-0.15, -0.1) is 11.3 Å². The van der Waals surface area contributed by atoms with Gasteiger partial charge in [-0.1, -0.05) is 12.1 Å². The van der Waals surface area contributed by atoms with Crippen LogP contribution in [-0.4, -0.2) is 49.7 Å². The molecule has 2 N–H and O–H groups in total. The second kappa shape index (κ2) is 7.48. The van der Waals surface area contributed by atoms with Gasteiger partial charge < -0.3 is 24.4 Å². The average Bonchev–Trinajstić information content (AvgIpc) is 3.13. The SMILES string of the molecule is CCN(Cc1c(CN(CC)C(=O)O)c2sc3ccccc3n2c1C)C(=O)O. The van der Waals surface area contributed by atoms with E-state index in [-0.39, 0.29) is 13.1 Å². The van der Waals surface area contributed by atoms with Crippen LogP contribution in [-0.2, 0) is 13.1 Å². The first kappa shape index (κ1) is 19.0. The molecule has 144 valence electrons. The van der Waals surface area contributed by atoms with E-state index in [9.17, 15) is 19.8 Å². The monoisotopic (exact) mass is 389 g/mol. The summed E-state index contributed by atoms with van der Waals surface area (Å²) >= 11 is 1.61. The van der Waals surface area contributed by atoms with Crippen LogP contribution in [0.3, 0.4) is 0 Å². The second-order valence-corrected chi connectivity index (χ2v) is 7.38. The number of hydrogen-bond acceptors (Lipinski definition) is 3. The maximum absolute atomic E-state index is 11.6. The summed E-state index contributed by atoms with van der Waals surface area (Å²) in [5.74, 6) is 0. The van der Waals surface area contributed by atoms with Crippen LogP contribution in [0.1, 0.15) is 30.7 Å². The number of carboxylic acid groups (broad SMARTS) is 2. The molecule has 0 aliphatic rings. The largest absolute Gasteiger partial charge is 0.465 e. The molecule has 8 heteroatoms. The minimum atomic E-state index is -0.979. The van der Waals surface area contributed by atoms with Crippen LogP contribution < -0.4 is 0 Å². The molecule has 2 heterocycles. The zero-order valence-corrected chi connectivity index (χ0v) is 16.4. The predicted molar refractivity (Wildman–Crippen MR) is 106 cm³/mol. The third-order valence-electron chi connectivity index (χ3n) is 4.91. The molecule has 3 aromatic rings. The first-order valence-corrected chi connectivity index (χ1v) is 9.66. The highest BCUT2D eigenvalue weighted by Gasteiger charge is 2.24. The molecule has 7 nitrogen and oxygen atoms in total. The molecule has 2 amide bonds. The van der Waals surface area contributed by atoms with Gasteiger partial charge in [0.15, 0.2) is 0 Å². The third-order valence-corrected chi connectivity index (χ3v) is 6.10. The van der Waals surface area contributed by atoms with Crippen LogP contribution in [0.5, 0.6) is 0 Å². The zero-order chi connectivity index (χ0) is 19.7. The van der Waals surface area contributed by atoms with Gasteiger partial charge in [-0.3, -0.25) is 0 Å². The van der Waals surface area contributed by atoms with Gasteiger partial charge in [-0.2, -0.15) is 0 Å². The highest BCUT2D eigenvalue weighted by atomic mass is 32.1. The van der Waals surface area contributed by atoms with Crippen molar-refractivity contribution in [3.05, 3.63) is 41.1 Å². The van der Waals surface area contributed by atoms with Crippen molar-refractivity contribution in [1.82, 2.24) is 14.2 Å². The zero-order valence-electron chi connectivity index (χ0n) is 15.6. The Morgan fingerprint density at radius 2 is 1.56 bits per heavy atom. The molecule has 0 saturated heterocycles. The summed E-state index contributed by atoms with van der Waals surface area (Å²) in [6.45, 7) is 6.79. The van der Waals surface area contributed by atoms with Crippen molar-refractivity contribution in [1.29, 1.82) is 0 Å². The Kier molecular flexibility index (Phi) is 5.27.